The maximum atomic E-state index is 6.09. The Morgan fingerprint density at radius 1 is 1.16 bits per heavy atom. The molecule has 1 N–H and O–H groups in total. The van der Waals surface area contributed by atoms with Crippen molar-refractivity contribution in [2.45, 2.75) is 6.54 Å². The Balaban J connectivity index is 1.80. The fraction of sp³-hybridized carbons (Fsp3) is 0.0714. The summed E-state index contributed by atoms with van der Waals surface area (Å²) in [4.78, 5) is 4.50. The molecule has 0 aliphatic rings. The van der Waals surface area contributed by atoms with Crippen molar-refractivity contribution in [2.75, 3.05) is 5.32 Å². The predicted octanol–water partition coefficient (Wildman–Crippen LogP) is 4.25. The van der Waals surface area contributed by atoms with Crippen molar-refractivity contribution in [3.8, 4) is 0 Å². The van der Waals surface area contributed by atoms with Crippen LogP contribution in [0.15, 0.2) is 48.8 Å². The first-order valence-corrected chi connectivity index (χ1v) is 6.59. The molecule has 96 valence electrons. The molecule has 3 nitrogen and oxygen atoms in total. The topological polar surface area (TPSA) is 29.3 Å². The first-order valence-electron chi connectivity index (χ1n) is 5.84. The Bertz CT molecular complexity index is 689. The lowest BCUT2D eigenvalue weighted by Gasteiger charge is -2.06. The number of rotatable bonds is 3. The third kappa shape index (κ3) is 2.67. The quantitative estimate of drug-likeness (QED) is 0.781. The largest absolute Gasteiger partial charge is 0.378 e. The molecule has 19 heavy (non-hydrogen) atoms. The lowest BCUT2D eigenvalue weighted by atomic mass is 10.3. The number of nitrogens with one attached hydrogen (secondary N) is 1. The van der Waals surface area contributed by atoms with Gasteiger partial charge in [0.15, 0.2) is 0 Å². The summed E-state index contributed by atoms with van der Waals surface area (Å²) < 4.78 is 1.98. The maximum Gasteiger partial charge on any atom is 0.137 e. The van der Waals surface area contributed by atoms with Gasteiger partial charge in [-0.15, -0.1) is 0 Å². The molecule has 0 saturated heterocycles. The number of hydrogen-bond donors (Lipinski definition) is 1. The van der Waals surface area contributed by atoms with E-state index in [1.165, 1.54) is 0 Å². The van der Waals surface area contributed by atoms with Gasteiger partial charge in [0, 0.05) is 17.4 Å². The molecule has 0 fully saturated rings. The van der Waals surface area contributed by atoms with E-state index >= 15 is 0 Å². The number of halogens is 2. The highest BCUT2D eigenvalue weighted by Crippen LogP contribution is 2.25. The average Bonchev–Trinajstić information content (AvgIpc) is 2.82. The predicted molar refractivity (Wildman–Crippen MR) is 79.0 cm³/mol. The molecule has 0 aliphatic carbocycles. The van der Waals surface area contributed by atoms with E-state index in [9.17, 15) is 0 Å². The lowest BCUT2D eigenvalue weighted by molar-refractivity contribution is 1.08. The molecule has 1 aromatic carbocycles. The van der Waals surface area contributed by atoms with Crippen molar-refractivity contribution >= 4 is 34.5 Å². The summed E-state index contributed by atoms with van der Waals surface area (Å²) >= 11 is 12.0. The van der Waals surface area contributed by atoms with Gasteiger partial charge >= 0.3 is 0 Å². The molecule has 2 heterocycles. The lowest BCUT2D eigenvalue weighted by Crippen LogP contribution is -2.00. The Kier molecular flexibility index (Phi) is 3.32. The summed E-state index contributed by atoms with van der Waals surface area (Å²) in [7, 11) is 0. The minimum absolute atomic E-state index is 0.599. The zero-order valence-corrected chi connectivity index (χ0v) is 11.5. The van der Waals surface area contributed by atoms with E-state index in [0.29, 0.717) is 16.6 Å². The highest BCUT2D eigenvalue weighted by atomic mass is 35.5. The molecule has 0 aliphatic heterocycles. The van der Waals surface area contributed by atoms with E-state index in [1.54, 1.807) is 18.2 Å². The first-order chi connectivity index (χ1) is 9.22. The molecular formula is C14H11Cl2N3. The average molecular weight is 292 g/mol. The molecule has 0 amide bonds. The van der Waals surface area contributed by atoms with Gasteiger partial charge in [-0.25, -0.2) is 4.98 Å². The number of fused-ring (bicyclic) bond motifs is 1. The van der Waals surface area contributed by atoms with Gasteiger partial charge in [0.1, 0.15) is 5.65 Å². The van der Waals surface area contributed by atoms with Crippen LogP contribution in [0, 0.1) is 0 Å². The molecule has 3 rings (SSSR count). The molecular weight excluding hydrogens is 281 g/mol. The minimum Gasteiger partial charge on any atom is -0.378 e. The van der Waals surface area contributed by atoms with Crippen molar-refractivity contribution in [3.05, 3.63) is 64.5 Å². The molecule has 3 aromatic rings. The van der Waals surface area contributed by atoms with Crippen LogP contribution in [0.5, 0.6) is 0 Å². The van der Waals surface area contributed by atoms with Crippen LogP contribution in [-0.4, -0.2) is 9.38 Å². The van der Waals surface area contributed by atoms with Crippen LogP contribution in [0.4, 0.5) is 5.69 Å². The summed E-state index contributed by atoms with van der Waals surface area (Å²) in [6.45, 7) is 0.599. The summed E-state index contributed by atoms with van der Waals surface area (Å²) in [5.41, 5.74) is 2.69. The first kappa shape index (κ1) is 12.3. The van der Waals surface area contributed by atoms with E-state index in [2.05, 4.69) is 10.3 Å². The van der Waals surface area contributed by atoms with E-state index in [-0.39, 0.29) is 0 Å². The number of nitrogens with zero attached hydrogens (tertiary/aromatic N) is 2. The number of pyridine rings is 1. The van der Waals surface area contributed by atoms with E-state index in [4.69, 9.17) is 23.2 Å². The van der Waals surface area contributed by atoms with E-state index in [0.717, 1.165) is 17.0 Å². The SMILES string of the molecule is Clc1ccc(Cl)c(NCc2cn3ccccc3n2)c1. The Labute approximate surface area is 120 Å². The van der Waals surface area contributed by atoms with Crippen LogP contribution in [0.3, 0.4) is 0 Å². The second-order valence-electron chi connectivity index (χ2n) is 4.18. The molecule has 0 radical (unpaired) electrons. The van der Waals surface area contributed by atoms with Crippen LogP contribution in [0.1, 0.15) is 5.69 Å². The van der Waals surface area contributed by atoms with Gasteiger partial charge in [0.05, 0.1) is 22.9 Å². The van der Waals surface area contributed by atoms with Crippen LogP contribution in [0.2, 0.25) is 10.0 Å². The van der Waals surface area contributed by atoms with Crippen molar-refractivity contribution in [1.82, 2.24) is 9.38 Å². The molecule has 0 saturated carbocycles. The highest BCUT2D eigenvalue weighted by Gasteiger charge is 2.04. The molecule has 2 aromatic heterocycles. The van der Waals surface area contributed by atoms with Crippen molar-refractivity contribution in [3.63, 3.8) is 0 Å². The van der Waals surface area contributed by atoms with Crippen molar-refractivity contribution < 1.29 is 0 Å². The third-order valence-corrected chi connectivity index (χ3v) is 3.37. The standard InChI is InChI=1S/C14H11Cl2N3/c15-10-4-5-12(16)13(7-10)17-8-11-9-19-6-2-1-3-14(19)18-11/h1-7,9,17H,8H2. The molecule has 0 bridgehead atoms. The third-order valence-electron chi connectivity index (χ3n) is 2.80. The smallest absolute Gasteiger partial charge is 0.137 e. The molecule has 5 heteroatoms. The summed E-state index contributed by atoms with van der Waals surface area (Å²) in [6, 6.07) is 11.2. The van der Waals surface area contributed by atoms with Crippen molar-refractivity contribution in [2.24, 2.45) is 0 Å². The zero-order valence-electron chi connectivity index (χ0n) is 9.98. The number of hydrogen-bond acceptors (Lipinski definition) is 2. The zero-order chi connectivity index (χ0) is 13.2. The Morgan fingerprint density at radius 2 is 2.05 bits per heavy atom. The van der Waals surface area contributed by atoms with Gasteiger partial charge in [-0.3, -0.25) is 0 Å². The van der Waals surface area contributed by atoms with Crippen LogP contribution >= 0.6 is 23.2 Å². The monoisotopic (exact) mass is 291 g/mol. The summed E-state index contributed by atoms with van der Waals surface area (Å²) in [5.74, 6) is 0. The van der Waals surface area contributed by atoms with Gasteiger partial charge in [-0.05, 0) is 30.3 Å². The summed E-state index contributed by atoms with van der Waals surface area (Å²) in [5, 5.41) is 4.54. The summed E-state index contributed by atoms with van der Waals surface area (Å²) in [6.07, 6.45) is 3.96. The molecule has 0 atom stereocenters. The van der Waals surface area contributed by atoms with Gasteiger partial charge in [0.2, 0.25) is 0 Å². The van der Waals surface area contributed by atoms with Crippen molar-refractivity contribution in [1.29, 1.82) is 0 Å². The second kappa shape index (κ2) is 5.11. The number of anilines is 1. The number of aromatic nitrogens is 2. The van der Waals surface area contributed by atoms with Gasteiger partial charge < -0.3 is 9.72 Å². The normalized spacial score (nSPS) is 10.8. The molecule has 0 spiro atoms. The highest BCUT2D eigenvalue weighted by molar-refractivity contribution is 6.35. The fourth-order valence-corrected chi connectivity index (χ4v) is 2.25. The van der Waals surface area contributed by atoms with Gasteiger partial charge in [-0.1, -0.05) is 29.3 Å². The van der Waals surface area contributed by atoms with Crippen LogP contribution in [0.25, 0.3) is 5.65 Å². The number of imidazole rings is 1. The van der Waals surface area contributed by atoms with E-state index < -0.39 is 0 Å². The fourth-order valence-electron chi connectivity index (χ4n) is 1.89. The minimum atomic E-state index is 0.599. The van der Waals surface area contributed by atoms with E-state index in [1.807, 2.05) is 35.0 Å². The Morgan fingerprint density at radius 3 is 2.89 bits per heavy atom. The Hall–Kier alpha value is -1.71. The van der Waals surface area contributed by atoms with Crippen LogP contribution in [-0.2, 0) is 6.54 Å². The number of benzene rings is 1. The van der Waals surface area contributed by atoms with Crippen LogP contribution < -0.4 is 5.32 Å². The van der Waals surface area contributed by atoms with Gasteiger partial charge in [0.25, 0.3) is 0 Å². The van der Waals surface area contributed by atoms with Gasteiger partial charge in [-0.2, -0.15) is 0 Å². The molecule has 0 unspecified atom stereocenters. The maximum absolute atomic E-state index is 6.09. The second-order valence-corrected chi connectivity index (χ2v) is 5.02.